The number of amides is 1. The van der Waals surface area contributed by atoms with Gasteiger partial charge in [-0.05, 0) is 25.0 Å². The predicted molar refractivity (Wildman–Crippen MR) is 68.7 cm³/mol. The molecule has 0 unspecified atom stereocenters. The first kappa shape index (κ1) is 13.3. The first-order chi connectivity index (χ1) is 8.99. The average molecular weight is 265 g/mol. The number of carbonyl (C=O) groups is 1. The Morgan fingerprint density at radius 3 is 2.63 bits per heavy atom. The van der Waals surface area contributed by atoms with E-state index < -0.39 is 16.9 Å². The number of benzene rings is 1. The highest BCUT2D eigenvalue weighted by Crippen LogP contribution is 2.24. The highest BCUT2D eigenvalue weighted by atomic mass is 16.6. The molecule has 102 valence electrons. The molecule has 7 nitrogen and oxygen atoms in total. The van der Waals surface area contributed by atoms with Crippen LogP contribution in [0.25, 0.3) is 0 Å². The Bertz CT molecular complexity index is 510. The highest BCUT2D eigenvalue weighted by Gasteiger charge is 2.27. The van der Waals surface area contributed by atoms with Crippen LogP contribution in [-0.4, -0.2) is 40.0 Å². The van der Waals surface area contributed by atoms with Gasteiger partial charge < -0.3 is 15.7 Å². The predicted octanol–water partition coefficient (Wildman–Crippen LogP) is 0.774. The maximum Gasteiger partial charge on any atom is 0.282 e. The zero-order chi connectivity index (χ0) is 14.0. The molecule has 1 aromatic rings. The van der Waals surface area contributed by atoms with Gasteiger partial charge in [-0.1, -0.05) is 0 Å². The number of hydrogen-bond acceptors (Lipinski definition) is 5. The van der Waals surface area contributed by atoms with Gasteiger partial charge in [0.05, 0.1) is 11.0 Å². The molecule has 1 aromatic carbocycles. The number of carbonyl (C=O) groups excluding carboxylic acids is 1. The molecule has 1 aliphatic heterocycles. The van der Waals surface area contributed by atoms with E-state index in [-0.39, 0.29) is 11.3 Å². The molecule has 1 fully saturated rings. The molecule has 0 aromatic heterocycles. The Labute approximate surface area is 109 Å². The van der Waals surface area contributed by atoms with Crippen LogP contribution >= 0.6 is 0 Å². The maximum atomic E-state index is 12.3. The Morgan fingerprint density at radius 1 is 1.42 bits per heavy atom. The molecule has 3 N–H and O–H groups in total. The number of rotatable bonds is 2. The van der Waals surface area contributed by atoms with Crippen LogP contribution in [0, 0.1) is 10.1 Å². The third-order valence-corrected chi connectivity index (χ3v) is 3.20. The third-order valence-electron chi connectivity index (χ3n) is 3.20. The van der Waals surface area contributed by atoms with Crippen LogP contribution in [0.5, 0.6) is 0 Å². The lowest BCUT2D eigenvalue weighted by Crippen LogP contribution is -2.40. The summed E-state index contributed by atoms with van der Waals surface area (Å²) in [6.45, 7) is 0.790. The normalized spacial score (nSPS) is 16.4. The first-order valence-electron chi connectivity index (χ1n) is 6.00. The standard InChI is InChI=1S/C12H15N3O4/c13-8-1-2-11(15(18)19)10(7-8)12(17)14-5-3-9(16)4-6-14/h1-2,7,9,16H,3-6,13H2. The van der Waals surface area contributed by atoms with Crippen LogP contribution in [0.3, 0.4) is 0 Å². The van der Waals surface area contributed by atoms with Gasteiger partial charge in [-0.25, -0.2) is 0 Å². The maximum absolute atomic E-state index is 12.3. The van der Waals surface area contributed by atoms with E-state index in [1.807, 2.05) is 0 Å². The molecule has 2 rings (SSSR count). The van der Waals surface area contributed by atoms with E-state index in [9.17, 15) is 20.0 Å². The number of piperidine rings is 1. The van der Waals surface area contributed by atoms with Crippen molar-refractivity contribution in [3.63, 3.8) is 0 Å². The summed E-state index contributed by atoms with van der Waals surface area (Å²) in [5, 5.41) is 20.3. The molecule has 1 saturated heterocycles. The minimum atomic E-state index is -0.592. The van der Waals surface area contributed by atoms with Crippen molar-refractivity contribution in [3.05, 3.63) is 33.9 Å². The van der Waals surface area contributed by atoms with Crippen LogP contribution in [0.15, 0.2) is 18.2 Å². The van der Waals surface area contributed by atoms with E-state index in [1.165, 1.54) is 23.1 Å². The quantitative estimate of drug-likeness (QED) is 0.466. The Balaban J connectivity index is 2.27. The number of anilines is 1. The van der Waals surface area contributed by atoms with Crippen molar-refractivity contribution in [2.24, 2.45) is 0 Å². The third kappa shape index (κ3) is 2.82. The lowest BCUT2D eigenvalue weighted by Gasteiger charge is -2.29. The average Bonchev–Trinajstić information content (AvgIpc) is 2.38. The van der Waals surface area contributed by atoms with E-state index in [0.29, 0.717) is 31.6 Å². The van der Waals surface area contributed by atoms with Gasteiger partial charge in [0, 0.05) is 24.8 Å². The molecule has 19 heavy (non-hydrogen) atoms. The number of aliphatic hydroxyl groups is 1. The molecule has 1 amide bonds. The second-order valence-corrected chi connectivity index (χ2v) is 4.56. The van der Waals surface area contributed by atoms with Gasteiger partial charge in [-0.15, -0.1) is 0 Å². The number of hydrogen-bond donors (Lipinski definition) is 2. The number of nitrogens with zero attached hydrogens (tertiary/aromatic N) is 2. The topological polar surface area (TPSA) is 110 Å². The summed E-state index contributed by atoms with van der Waals surface area (Å²) in [6, 6.07) is 3.96. The fourth-order valence-corrected chi connectivity index (χ4v) is 2.12. The zero-order valence-corrected chi connectivity index (χ0v) is 10.3. The molecule has 0 spiro atoms. The lowest BCUT2D eigenvalue weighted by molar-refractivity contribution is -0.385. The Kier molecular flexibility index (Phi) is 3.66. The summed E-state index contributed by atoms with van der Waals surface area (Å²) in [5.41, 5.74) is 5.65. The molecule has 7 heteroatoms. The minimum absolute atomic E-state index is 0.00129. The van der Waals surface area contributed by atoms with E-state index in [2.05, 4.69) is 0 Å². The number of nitro benzene ring substituents is 1. The number of aliphatic hydroxyl groups excluding tert-OH is 1. The fraction of sp³-hybridized carbons (Fsp3) is 0.417. The minimum Gasteiger partial charge on any atom is -0.399 e. The van der Waals surface area contributed by atoms with Crippen LogP contribution in [0.2, 0.25) is 0 Å². The van der Waals surface area contributed by atoms with Crippen LogP contribution < -0.4 is 5.73 Å². The summed E-state index contributed by atoms with van der Waals surface area (Å²) < 4.78 is 0. The number of nitrogen functional groups attached to an aromatic ring is 1. The molecule has 1 aliphatic rings. The monoisotopic (exact) mass is 265 g/mol. The van der Waals surface area contributed by atoms with Crippen molar-refractivity contribution < 1.29 is 14.8 Å². The van der Waals surface area contributed by atoms with Gasteiger partial charge in [-0.3, -0.25) is 14.9 Å². The Morgan fingerprint density at radius 2 is 2.05 bits per heavy atom. The Hall–Kier alpha value is -2.15. The van der Waals surface area contributed by atoms with Crippen molar-refractivity contribution >= 4 is 17.3 Å². The zero-order valence-electron chi connectivity index (χ0n) is 10.3. The molecule has 0 radical (unpaired) electrons. The van der Waals surface area contributed by atoms with Crippen molar-refractivity contribution in [1.29, 1.82) is 0 Å². The largest absolute Gasteiger partial charge is 0.399 e. The summed E-state index contributed by atoms with van der Waals surface area (Å²) >= 11 is 0. The van der Waals surface area contributed by atoms with E-state index in [0.717, 1.165) is 0 Å². The molecule has 0 saturated carbocycles. The van der Waals surface area contributed by atoms with Crippen LogP contribution in [0.4, 0.5) is 11.4 Å². The van der Waals surface area contributed by atoms with Gasteiger partial charge in [0.25, 0.3) is 11.6 Å². The molecule has 0 aliphatic carbocycles. The van der Waals surface area contributed by atoms with Crippen molar-refractivity contribution in [2.75, 3.05) is 18.8 Å². The van der Waals surface area contributed by atoms with Crippen molar-refractivity contribution in [3.8, 4) is 0 Å². The smallest absolute Gasteiger partial charge is 0.282 e. The SMILES string of the molecule is Nc1ccc([N+](=O)[O-])c(C(=O)N2CCC(O)CC2)c1. The molecule has 0 atom stereocenters. The van der Waals surface area contributed by atoms with Gasteiger partial charge in [0.2, 0.25) is 0 Å². The second kappa shape index (κ2) is 5.23. The van der Waals surface area contributed by atoms with E-state index >= 15 is 0 Å². The number of likely N-dealkylation sites (tertiary alicyclic amines) is 1. The van der Waals surface area contributed by atoms with Crippen molar-refractivity contribution in [2.45, 2.75) is 18.9 Å². The van der Waals surface area contributed by atoms with Crippen LogP contribution in [-0.2, 0) is 0 Å². The summed E-state index contributed by atoms with van der Waals surface area (Å²) in [6.07, 6.45) is 0.573. The number of nitrogens with two attached hydrogens (primary N) is 1. The molecule has 0 bridgehead atoms. The van der Waals surface area contributed by atoms with Gasteiger partial charge in [0.1, 0.15) is 5.56 Å². The summed E-state index contributed by atoms with van der Waals surface area (Å²) in [4.78, 5) is 24.1. The van der Waals surface area contributed by atoms with Crippen molar-refractivity contribution in [1.82, 2.24) is 4.90 Å². The highest BCUT2D eigenvalue weighted by molar-refractivity contribution is 5.99. The fourth-order valence-electron chi connectivity index (χ4n) is 2.12. The summed E-state index contributed by atoms with van der Waals surface area (Å²) in [7, 11) is 0. The van der Waals surface area contributed by atoms with E-state index in [1.54, 1.807) is 0 Å². The van der Waals surface area contributed by atoms with Gasteiger partial charge in [-0.2, -0.15) is 0 Å². The molecule has 1 heterocycles. The first-order valence-corrected chi connectivity index (χ1v) is 6.00. The van der Waals surface area contributed by atoms with Gasteiger partial charge in [0.15, 0.2) is 0 Å². The second-order valence-electron chi connectivity index (χ2n) is 4.56. The van der Waals surface area contributed by atoms with Gasteiger partial charge >= 0.3 is 0 Å². The molecular formula is C12H15N3O4. The van der Waals surface area contributed by atoms with Crippen LogP contribution in [0.1, 0.15) is 23.2 Å². The number of nitro groups is 1. The van der Waals surface area contributed by atoms with E-state index in [4.69, 9.17) is 5.73 Å². The lowest BCUT2D eigenvalue weighted by atomic mass is 10.1. The summed E-state index contributed by atoms with van der Waals surface area (Å²) in [5.74, 6) is -0.411. The molecular weight excluding hydrogens is 250 g/mol.